The van der Waals surface area contributed by atoms with Crippen LogP contribution < -0.4 is 9.64 Å². The van der Waals surface area contributed by atoms with Crippen molar-refractivity contribution in [1.82, 2.24) is 9.38 Å². The van der Waals surface area contributed by atoms with Crippen LogP contribution in [0.3, 0.4) is 0 Å². The predicted molar refractivity (Wildman–Crippen MR) is 83.5 cm³/mol. The monoisotopic (exact) mass is 311 g/mol. The molecule has 4 rings (SSSR count). The van der Waals surface area contributed by atoms with E-state index in [1.807, 2.05) is 24.3 Å². The SMILES string of the molecule is Cc1nc2ccc(F)cn2c1C(=O)N1CCOc2ccccc21. The van der Waals surface area contributed by atoms with Crippen LogP contribution >= 0.6 is 0 Å². The van der Waals surface area contributed by atoms with Gasteiger partial charge in [0.25, 0.3) is 5.91 Å². The molecule has 0 fully saturated rings. The van der Waals surface area contributed by atoms with Crippen molar-refractivity contribution in [2.24, 2.45) is 0 Å². The second kappa shape index (κ2) is 5.08. The Balaban J connectivity index is 1.85. The third-order valence-electron chi connectivity index (χ3n) is 3.93. The van der Waals surface area contributed by atoms with E-state index in [9.17, 15) is 9.18 Å². The van der Waals surface area contributed by atoms with E-state index in [4.69, 9.17) is 4.74 Å². The van der Waals surface area contributed by atoms with Crippen molar-refractivity contribution >= 4 is 17.2 Å². The molecule has 1 amide bonds. The molecule has 1 aliphatic rings. The van der Waals surface area contributed by atoms with Crippen LogP contribution in [0.2, 0.25) is 0 Å². The molecular formula is C17H14FN3O2. The number of rotatable bonds is 1. The number of amides is 1. The van der Waals surface area contributed by atoms with E-state index < -0.39 is 5.82 Å². The van der Waals surface area contributed by atoms with Crippen molar-refractivity contribution in [2.45, 2.75) is 6.92 Å². The lowest BCUT2D eigenvalue weighted by Gasteiger charge is -2.29. The maximum absolute atomic E-state index is 13.6. The van der Waals surface area contributed by atoms with Crippen LogP contribution in [-0.2, 0) is 0 Å². The Morgan fingerprint density at radius 1 is 1.26 bits per heavy atom. The van der Waals surface area contributed by atoms with Gasteiger partial charge in [-0.2, -0.15) is 0 Å². The fraction of sp³-hybridized carbons (Fsp3) is 0.176. The van der Waals surface area contributed by atoms with E-state index in [1.54, 1.807) is 17.9 Å². The molecule has 3 heterocycles. The lowest BCUT2D eigenvalue weighted by Crippen LogP contribution is -2.38. The molecular weight excluding hydrogens is 297 g/mol. The number of pyridine rings is 1. The zero-order valence-corrected chi connectivity index (χ0v) is 12.5. The lowest BCUT2D eigenvalue weighted by molar-refractivity contribution is 0.0970. The summed E-state index contributed by atoms with van der Waals surface area (Å²) in [5.41, 5.74) is 2.21. The number of hydrogen-bond donors (Lipinski definition) is 0. The Labute approximate surface area is 131 Å². The molecule has 23 heavy (non-hydrogen) atoms. The number of imidazole rings is 1. The average molecular weight is 311 g/mol. The molecule has 0 aliphatic carbocycles. The number of nitrogens with zero attached hydrogens (tertiary/aromatic N) is 3. The Hall–Kier alpha value is -2.89. The van der Waals surface area contributed by atoms with Gasteiger partial charge in [-0.15, -0.1) is 0 Å². The first-order chi connectivity index (χ1) is 11.1. The van der Waals surface area contributed by atoms with Crippen LogP contribution in [0.5, 0.6) is 5.75 Å². The molecule has 0 saturated carbocycles. The second-order valence-corrected chi connectivity index (χ2v) is 5.39. The summed E-state index contributed by atoms with van der Waals surface area (Å²) in [5, 5.41) is 0. The van der Waals surface area contributed by atoms with Crippen molar-refractivity contribution in [3.05, 3.63) is 59.8 Å². The molecule has 1 aliphatic heterocycles. The molecule has 116 valence electrons. The Morgan fingerprint density at radius 2 is 2.09 bits per heavy atom. The quantitative estimate of drug-likeness (QED) is 0.694. The first kappa shape index (κ1) is 13.8. The molecule has 0 atom stereocenters. The minimum absolute atomic E-state index is 0.212. The first-order valence-corrected chi connectivity index (χ1v) is 7.33. The van der Waals surface area contributed by atoms with Gasteiger partial charge in [-0.3, -0.25) is 9.20 Å². The molecule has 0 saturated heterocycles. The number of fused-ring (bicyclic) bond motifs is 2. The van der Waals surface area contributed by atoms with Crippen LogP contribution in [0, 0.1) is 12.7 Å². The van der Waals surface area contributed by atoms with Gasteiger partial charge in [-0.25, -0.2) is 9.37 Å². The predicted octanol–water partition coefficient (Wildman–Crippen LogP) is 2.82. The third-order valence-corrected chi connectivity index (χ3v) is 3.93. The highest BCUT2D eigenvalue weighted by Crippen LogP contribution is 2.32. The third kappa shape index (κ3) is 2.14. The molecule has 0 unspecified atom stereocenters. The van der Waals surface area contributed by atoms with Gasteiger partial charge in [0, 0.05) is 6.20 Å². The summed E-state index contributed by atoms with van der Waals surface area (Å²) in [6, 6.07) is 10.3. The highest BCUT2D eigenvalue weighted by Gasteiger charge is 2.28. The molecule has 1 aromatic carbocycles. The Kier molecular flexibility index (Phi) is 3.04. The second-order valence-electron chi connectivity index (χ2n) is 5.39. The van der Waals surface area contributed by atoms with Gasteiger partial charge >= 0.3 is 0 Å². The molecule has 6 heteroatoms. The van der Waals surface area contributed by atoms with Crippen molar-refractivity contribution in [2.75, 3.05) is 18.1 Å². The number of para-hydroxylation sites is 2. The average Bonchev–Trinajstić information content (AvgIpc) is 2.89. The van der Waals surface area contributed by atoms with Crippen molar-refractivity contribution in [3.8, 4) is 5.75 Å². The van der Waals surface area contributed by atoms with E-state index in [0.717, 1.165) is 5.69 Å². The number of hydrogen-bond acceptors (Lipinski definition) is 3. The standard InChI is InChI=1S/C17H14FN3O2/c1-11-16(21-10-12(18)6-7-15(21)19-11)17(22)20-8-9-23-14-5-3-2-4-13(14)20/h2-7,10H,8-9H2,1H3. The summed E-state index contributed by atoms with van der Waals surface area (Å²) in [7, 11) is 0. The van der Waals surface area contributed by atoms with E-state index >= 15 is 0 Å². The van der Waals surface area contributed by atoms with Gasteiger partial charge in [-0.05, 0) is 31.2 Å². The highest BCUT2D eigenvalue weighted by molar-refractivity contribution is 6.07. The van der Waals surface area contributed by atoms with Crippen LogP contribution in [-0.4, -0.2) is 28.4 Å². The number of benzene rings is 1. The van der Waals surface area contributed by atoms with Crippen molar-refractivity contribution < 1.29 is 13.9 Å². The van der Waals surface area contributed by atoms with Crippen LogP contribution in [0.4, 0.5) is 10.1 Å². The van der Waals surface area contributed by atoms with E-state index in [1.165, 1.54) is 16.7 Å². The molecule has 0 N–H and O–H groups in total. The topological polar surface area (TPSA) is 46.8 Å². The first-order valence-electron chi connectivity index (χ1n) is 7.33. The number of aromatic nitrogens is 2. The number of anilines is 1. The van der Waals surface area contributed by atoms with Gasteiger partial charge < -0.3 is 9.64 Å². The van der Waals surface area contributed by atoms with Crippen molar-refractivity contribution in [3.63, 3.8) is 0 Å². The fourth-order valence-corrected chi connectivity index (χ4v) is 2.90. The largest absolute Gasteiger partial charge is 0.490 e. The highest BCUT2D eigenvalue weighted by atomic mass is 19.1. The zero-order valence-electron chi connectivity index (χ0n) is 12.5. The fourth-order valence-electron chi connectivity index (χ4n) is 2.90. The van der Waals surface area contributed by atoms with Crippen LogP contribution in [0.25, 0.3) is 5.65 Å². The summed E-state index contributed by atoms with van der Waals surface area (Å²) >= 11 is 0. The number of carbonyl (C=O) groups excluding carboxylic acids is 1. The van der Waals surface area contributed by atoms with Gasteiger partial charge in [0.1, 0.15) is 29.5 Å². The number of ether oxygens (including phenoxy) is 1. The van der Waals surface area contributed by atoms with Crippen molar-refractivity contribution in [1.29, 1.82) is 0 Å². The number of carbonyl (C=O) groups is 1. The number of halogens is 1. The summed E-state index contributed by atoms with van der Waals surface area (Å²) < 4.78 is 20.7. The molecule has 0 bridgehead atoms. The zero-order chi connectivity index (χ0) is 16.0. The van der Waals surface area contributed by atoms with E-state index in [2.05, 4.69) is 4.98 Å². The molecule has 2 aromatic heterocycles. The minimum atomic E-state index is -0.411. The Morgan fingerprint density at radius 3 is 2.96 bits per heavy atom. The molecule has 0 radical (unpaired) electrons. The van der Waals surface area contributed by atoms with Gasteiger partial charge in [-0.1, -0.05) is 12.1 Å². The molecule has 5 nitrogen and oxygen atoms in total. The van der Waals surface area contributed by atoms with Gasteiger partial charge in [0.15, 0.2) is 0 Å². The van der Waals surface area contributed by atoms with Crippen LogP contribution in [0.15, 0.2) is 42.6 Å². The van der Waals surface area contributed by atoms with Gasteiger partial charge in [0.05, 0.1) is 17.9 Å². The normalized spacial score (nSPS) is 13.7. The van der Waals surface area contributed by atoms with Gasteiger partial charge in [0.2, 0.25) is 0 Å². The van der Waals surface area contributed by atoms with E-state index in [0.29, 0.717) is 35.9 Å². The number of aryl methyl sites for hydroxylation is 1. The summed E-state index contributed by atoms with van der Waals surface area (Å²) in [5.74, 6) is 0.0485. The van der Waals surface area contributed by atoms with Crippen LogP contribution in [0.1, 0.15) is 16.2 Å². The van der Waals surface area contributed by atoms with E-state index in [-0.39, 0.29) is 5.91 Å². The molecule has 3 aromatic rings. The summed E-state index contributed by atoms with van der Waals surface area (Å²) in [6.07, 6.45) is 1.29. The summed E-state index contributed by atoms with van der Waals surface area (Å²) in [6.45, 7) is 2.62. The Bertz CT molecular complexity index is 919. The maximum Gasteiger partial charge on any atom is 0.277 e. The molecule has 0 spiro atoms. The minimum Gasteiger partial charge on any atom is -0.490 e. The maximum atomic E-state index is 13.6. The lowest BCUT2D eigenvalue weighted by atomic mass is 10.2. The summed E-state index contributed by atoms with van der Waals surface area (Å²) in [4.78, 5) is 19.1. The smallest absolute Gasteiger partial charge is 0.277 e.